The van der Waals surface area contributed by atoms with E-state index in [-0.39, 0.29) is 17.9 Å². The summed E-state index contributed by atoms with van der Waals surface area (Å²) in [5.41, 5.74) is 6.52. The molecule has 16 heavy (non-hydrogen) atoms. The first-order valence-electron chi connectivity index (χ1n) is 5.58. The highest BCUT2D eigenvalue weighted by atomic mass is 16.5. The number of hydrogen-bond donors (Lipinski definition) is 1. The summed E-state index contributed by atoms with van der Waals surface area (Å²) in [6, 6.07) is -0.275. The van der Waals surface area contributed by atoms with Crippen LogP contribution in [0.3, 0.4) is 0 Å². The molecule has 88 valence electrons. The first-order chi connectivity index (χ1) is 7.66. The van der Waals surface area contributed by atoms with Crippen LogP contribution >= 0.6 is 0 Å². The van der Waals surface area contributed by atoms with Crippen LogP contribution < -0.4 is 5.73 Å². The predicted octanol–water partition coefficient (Wildman–Crippen LogP) is -0.191. The molecular weight excluding hydrogens is 208 g/mol. The number of carbonyl (C=O) groups is 2. The fraction of sp³-hybridized carbons (Fsp3) is 0.636. The number of carbonyl (C=O) groups excluding carboxylic acids is 2. The van der Waals surface area contributed by atoms with E-state index in [2.05, 4.69) is 0 Å². The summed E-state index contributed by atoms with van der Waals surface area (Å²) < 4.78 is 4.81. The molecule has 0 saturated carbocycles. The number of rotatable bonds is 3. The molecule has 5 heteroatoms. The lowest BCUT2D eigenvalue weighted by Crippen LogP contribution is -2.37. The molecule has 2 aliphatic rings. The van der Waals surface area contributed by atoms with Gasteiger partial charge in [-0.15, -0.1) is 0 Å². The van der Waals surface area contributed by atoms with Crippen LogP contribution in [0.15, 0.2) is 11.6 Å². The van der Waals surface area contributed by atoms with Crippen molar-refractivity contribution in [2.24, 2.45) is 5.73 Å². The number of nitrogens with zero attached hydrogens (tertiary/aromatic N) is 1. The molecule has 2 saturated heterocycles. The molecule has 5 nitrogen and oxygen atoms in total. The van der Waals surface area contributed by atoms with Gasteiger partial charge in [-0.25, -0.2) is 4.79 Å². The highest BCUT2D eigenvalue weighted by Gasteiger charge is 2.23. The molecule has 0 bridgehead atoms. The van der Waals surface area contributed by atoms with Crippen molar-refractivity contribution >= 4 is 11.9 Å². The summed E-state index contributed by atoms with van der Waals surface area (Å²) in [7, 11) is 0. The molecule has 0 unspecified atom stereocenters. The zero-order valence-corrected chi connectivity index (χ0v) is 9.15. The Morgan fingerprint density at radius 1 is 1.44 bits per heavy atom. The second-order valence-electron chi connectivity index (χ2n) is 4.18. The van der Waals surface area contributed by atoms with Crippen LogP contribution in [0.2, 0.25) is 0 Å². The molecule has 0 aliphatic carbocycles. The van der Waals surface area contributed by atoms with Crippen LogP contribution in [0.25, 0.3) is 0 Å². The Labute approximate surface area is 94.2 Å². The molecule has 0 aromatic heterocycles. The average Bonchev–Trinajstić information content (AvgIpc) is 2.79. The van der Waals surface area contributed by atoms with Gasteiger partial charge in [-0.05, 0) is 6.42 Å². The van der Waals surface area contributed by atoms with E-state index in [0.29, 0.717) is 31.6 Å². The second-order valence-corrected chi connectivity index (χ2v) is 4.18. The summed E-state index contributed by atoms with van der Waals surface area (Å²) >= 11 is 0. The molecule has 2 rings (SSSR count). The maximum Gasteiger partial charge on any atom is 0.333 e. The van der Waals surface area contributed by atoms with E-state index in [0.717, 1.165) is 13.0 Å². The largest absolute Gasteiger partial charge is 0.462 e. The van der Waals surface area contributed by atoms with Gasteiger partial charge < -0.3 is 15.4 Å². The van der Waals surface area contributed by atoms with Gasteiger partial charge in [0.25, 0.3) is 0 Å². The Hall–Kier alpha value is -1.36. The lowest BCUT2D eigenvalue weighted by molar-refractivity contribution is -0.135. The number of ether oxygens (including phenoxy) is 1. The summed E-state index contributed by atoms with van der Waals surface area (Å²) in [6.07, 6.45) is 3.87. The van der Waals surface area contributed by atoms with Gasteiger partial charge >= 0.3 is 5.97 Å². The molecule has 2 fully saturated rings. The number of amides is 1. The van der Waals surface area contributed by atoms with Crippen LogP contribution in [-0.2, 0) is 14.3 Å². The van der Waals surface area contributed by atoms with Gasteiger partial charge in [-0.2, -0.15) is 0 Å². The maximum atomic E-state index is 11.4. The van der Waals surface area contributed by atoms with Crippen molar-refractivity contribution in [3.05, 3.63) is 11.6 Å². The van der Waals surface area contributed by atoms with E-state index in [1.54, 1.807) is 11.0 Å². The number of likely N-dealkylation sites (tertiary alicyclic amines) is 1. The van der Waals surface area contributed by atoms with Crippen molar-refractivity contribution in [3.8, 4) is 0 Å². The first kappa shape index (κ1) is 11.1. The summed E-state index contributed by atoms with van der Waals surface area (Å²) in [5, 5.41) is 0. The number of esters is 1. The summed E-state index contributed by atoms with van der Waals surface area (Å²) in [4.78, 5) is 24.3. The zero-order valence-electron chi connectivity index (χ0n) is 9.15. The maximum absolute atomic E-state index is 11.4. The fourth-order valence-corrected chi connectivity index (χ4v) is 2.06. The number of cyclic esters (lactones) is 1. The van der Waals surface area contributed by atoms with Crippen LogP contribution in [0, 0.1) is 0 Å². The molecule has 0 aromatic carbocycles. The van der Waals surface area contributed by atoms with Crippen LogP contribution in [0.5, 0.6) is 0 Å². The van der Waals surface area contributed by atoms with Gasteiger partial charge in [0.15, 0.2) is 0 Å². The Balaban J connectivity index is 1.90. The summed E-state index contributed by atoms with van der Waals surface area (Å²) in [6.45, 7) is 1.72. The Morgan fingerprint density at radius 3 is 2.81 bits per heavy atom. The van der Waals surface area contributed by atoms with Crippen LogP contribution in [0.1, 0.15) is 19.3 Å². The van der Waals surface area contributed by atoms with E-state index >= 15 is 0 Å². The van der Waals surface area contributed by atoms with Gasteiger partial charge in [0.05, 0.1) is 6.61 Å². The summed E-state index contributed by atoms with van der Waals surface area (Å²) in [5.74, 6) is -0.119. The minimum absolute atomic E-state index is 0.155. The predicted molar refractivity (Wildman–Crippen MR) is 57.4 cm³/mol. The van der Waals surface area contributed by atoms with Crippen molar-refractivity contribution in [2.45, 2.75) is 25.3 Å². The SMILES string of the molecule is N[C@@H](C=C1CCOC1=O)CN1CCCC1=O. The molecule has 2 aliphatic heterocycles. The van der Waals surface area contributed by atoms with Gasteiger partial charge in [0.2, 0.25) is 5.91 Å². The smallest absolute Gasteiger partial charge is 0.333 e. The van der Waals surface area contributed by atoms with Gasteiger partial charge in [0, 0.05) is 37.5 Å². The van der Waals surface area contributed by atoms with Crippen molar-refractivity contribution in [1.29, 1.82) is 0 Å². The van der Waals surface area contributed by atoms with E-state index in [9.17, 15) is 9.59 Å². The third-order valence-corrected chi connectivity index (χ3v) is 2.88. The third-order valence-electron chi connectivity index (χ3n) is 2.88. The van der Waals surface area contributed by atoms with E-state index in [4.69, 9.17) is 10.5 Å². The highest BCUT2D eigenvalue weighted by Crippen LogP contribution is 2.15. The topological polar surface area (TPSA) is 72.6 Å². The van der Waals surface area contributed by atoms with Crippen molar-refractivity contribution in [1.82, 2.24) is 4.90 Å². The number of nitrogens with two attached hydrogens (primary N) is 1. The highest BCUT2D eigenvalue weighted by molar-refractivity contribution is 5.90. The molecule has 1 atom stereocenters. The molecule has 0 aromatic rings. The Morgan fingerprint density at radius 2 is 2.25 bits per heavy atom. The molecule has 1 amide bonds. The molecular formula is C11H16N2O3. The number of hydrogen-bond acceptors (Lipinski definition) is 4. The van der Waals surface area contributed by atoms with Crippen LogP contribution in [0.4, 0.5) is 0 Å². The van der Waals surface area contributed by atoms with E-state index in [1.807, 2.05) is 0 Å². The van der Waals surface area contributed by atoms with Crippen molar-refractivity contribution in [3.63, 3.8) is 0 Å². The molecule has 0 spiro atoms. The quantitative estimate of drug-likeness (QED) is 0.532. The lowest BCUT2D eigenvalue weighted by atomic mass is 10.1. The second kappa shape index (κ2) is 4.65. The third kappa shape index (κ3) is 2.41. The van der Waals surface area contributed by atoms with Crippen molar-refractivity contribution in [2.75, 3.05) is 19.7 Å². The van der Waals surface area contributed by atoms with Gasteiger partial charge in [0.1, 0.15) is 0 Å². The Bertz CT molecular complexity index is 338. The monoisotopic (exact) mass is 224 g/mol. The van der Waals surface area contributed by atoms with Crippen molar-refractivity contribution < 1.29 is 14.3 Å². The van der Waals surface area contributed by atoms with Gasteiger partial charge in [-0.3, -0.25) is 4.79 Å². The first-order valence-corrected chi connectivity index (χ1v) is 5.58. The standard InChI is InChI=1S/C11H16N2O3/c12-9(6-8-3-5-16-11(8)15)7-13-4-1-2-10(13)14/h6,9H,1-5,7,12H2/t9-/m0/s1. The van der Waals surface area contributed by atoms with Crippen LogP contribution in [-0.4, -0.2) is 42.5 Å². The molecule has 2 N–H and O–H groups in total. The zero-order chi connectivity index (χ0) is 11.5. The molecule has 0 radical (unpaired) electrons. The van der Waals surface area contributed by atoms with E-state index < -0.39 is 0 Å². The fourth-order valence-electron chi connectivity index (χ4n) is 2.06. The van der Waals surface area contributed by atoms with Gasteiger partial charge in [-0.1, -0.05) is 6.08 Å². The minimum Gasteiger partial charge on any atom is -0.462 e. The Kier molecular flexibility index (Phi) is 3.24. The van der Waals surface area contributed by atoms with E-state index in [1.165, 1.54) is 0 Å². The molecule has 2 heterocycles. The minimum atomic E-state index is -0.275. The average molecular weight is 224 g/mol. The normalized spacial score (nSPS) is 25.3. The lowest BCUT2D eigenvalue weighted by Gasteiger charge is -2.18.